The van der Waals surface area contributed by atoms with Crippen molar-refractivity contribution in [3.05, 3.63) is 23.4 Å². The van der Waals surface area contributed by atoms with E-state index in [0.717, 1.165) is 37.5 Å². The minimum absolute atomic E-state index is 0.190. The molecule has 132 valence electrons. The Hall–Kier alpha value is -1.97. The fourth-order valence-electron chi connectivity index (χ4n) is 2.87. The molecular weight excluding hydrogens is 325 g/mol. The van der Waals surface area contributed by atoms with Gasteiger partial charge in [-0.05, 0) is 26.3 Å². The average molecular weight is 344 g/mol. The van der Waals surface area contributed by atoms with Crippen molar-refractivity contribution < 1.29 is 17.6 Å². The number of rotatable bonds is 4. The molecule has 3 heterocycles. The van der Waals surface area contributed by atoms with Crippen molar-refractivity contribution in [2.75, 3.05) is 6.54 Å². The number of piperidine rings is 1. The molecule has 0 spiro atoms. The number of likely N-dealkylation sites (tertiary alicyclic amines) is 1. The third-order valence-corrected chi connectivity index (χ3v) is 4.26. The lowest BCUT2D eigenvalue weighted by Crippen LogP contribution is -2.34. The summed E-state index contributed by atoms with van der Waals surface area (Å²) in [6.45, 7) is 3.21. The van der Waals surface area contributed by atoms with Crippen LogP contribution < -0.4 is 0 Å². The van der Waals surface area contributed by atoms with Crippen molar-refractivity contribution >= 4 is 0 Å². The summed E-state index contributed by atoms with van der Waals surface area (Å²) in [5.74, 6) is 1.46. The first-order valence-corrected chi connectivity index (χ1v) is 7.81. The van der Waals surface area contributed by atoms with Gasteiger partial charge in [-0.1, -0.05) is 6.42 Å². The second-order valence-corrected chi connectivity index (χ2v) is 6.03. The van der Waals surface area contributed by atoms with E-state index in [0.29, 0.717) is 6.54 Å². The average Bonchev–Trinajstić information content (AvgIpc) is 3.08. The van der Waals surface area contributed by atoms with E-state index in [2.05, 4.69) is 25.3 Å². The van der Waals surface area contributed by atoms with Crippen LogP contribution in [0.4, 0.5) is 13.2 Å². The number of aromatic nitrogens is 5. The van der Waals surface area contributed by atoms with Gasteiger partial charge in [0.1, 0.15) is 18.1 Å². The Kier molecular flexibility index (Phi) is 4.57. The molecule has 1 fully saturated rings. The summed E-state index contributed by atoms with van der Waals surface area (Å²) in [4.78, 5) is 2.11. The van der Waals surface area contributed by atoms with Gasteiger partial charge in [0.2, 0.25) is 11.8 Å². The first kappa shape index (κ1) is 16.9. The maximum atomic E-state index is 12.4. The maximum Gasteiger partial charge on any atom is 0.397 e. The number of aryl methyl sites for hydroxylation is 1. The van der Waals surface area contributed by atoms with Gasteiger partial charge in [-0.2, -0.15) is 13.2 Å². The van der Waals surface area contributed by atoms with Crippen molar-refractivity contribution in [3.63, 3.8) is 0 Å². The zero-order chi connectivity index (χ0) is 17.3. The van der Waals surface area contributed by atoms with E-state index >= 15 is 0 Å². The lowest BCUT2D eigenvalue weighted by Gasteiger charge is -2.32. The van der Waals surface area contributed by atoms with E-state index in [1.807, 2.05) is 18.5 Å². The second-order valence-electron chi connectivity index (χ2n) is 6.03. The molecule has 0 amide bonds. The van der Waals surface area contributed by atoms with E-state index in [9.17, 15) is 13.2 Å². The third-order valence-electron chi connectivity index (χ3n) is 4.26. The van der Waals surface area contributed by atoms with Crippen LogP contribution >= 0.6 is 0 Å². The van der Waals surface area contributed by atoms with Crippen LogP contribution in [0, 0.1) is 6.92 Å². The number of hydrogen-bond acceptors (Lipinski definition) is 6. The summed E-state index contributed by atoms with van der Waals surface area (Å²) < 4.78 is 44.5. The van der Waals surface area contributed by atoms with Crippen molar-refractivity contribution in [3.8, 4) is 0 Å². The highest BCUT2D eigenvalue weighted by molar-refractivity contribution is 4.98. The molecular formula is C14H19F3N6O. The van der Waals surface area contributed by atoms with Gasteiger partial charge in [0.15, 0.2) is 0 Å². The monoisotopic (exact) mass is 344 g/mol. The molecule has 1 aliphatic heterocycles. The summed E-state index contributed by atoms with van der Waals surface area (Å²) in [6, 6.07) is -0.190. The number of halogens is 3. The lowest BCUT2D eigenvalue weighted by molar-refractivity contribution is -0.131. The summed E-state index contributed by atoms with van der Waals surface area (Å²) in [5, 5.41) is 15.6. The zero-order valence-corrected chi connectivity index (χ0v) is 13.5. The predicted octanol–water partition coefficient (Wildman–Crippen LogP) is 2.34. The van der Waals surface area contributed by atoms with Crippen LogP contribution in [-0.2, 0) is 20.0 Å². The molecule has 0 bridgehead atoms. The van der Waals surface area contributed by atoms with E-state index in [-0.39, 0.29) is 11.9 Å². The molecule has 3 rings (SSSR count). The molecule has 1 aliphatic rings. The van der Waals surface area contributed by atoms with Crippen molar-refractivity contribution in [1.29, 1.82) is 0 Å². The van der Waals surface area contributed by atoms with E-state index in [4.69, 9.17) is 4.42 Å². The van der Waals surface area contributed by atoms with Gasteiger partial charge in [-0.3, -0.25) is 4.90 Å². The largest absolute Gasteiger partial charge is 0.423 e. The van der Waals surface area contributed by atoms with Gasteiger partial charge in [0.25, 0.3) is 0 Å². The van der Waals surface area contributed by atoms with Crippen LogP contribution in [-0.4, -0.2) is 42.6 Å². The molecule has 2 aromatic rings. The lowest BCUT2D eigenvalue weighted by atomic mass is 10.0. The SMILES string of the molecule is Cc1nnc(CN2CCCCC2c2nnc(CC(F)(F)F)o2)n1C. The van der Waals surface area contributed by atoms with Crippen LogP contribution in [0.1, 0.15) is 48.7 Å². The zero-order valence-electron chi connectivity index (χ0n) is 13.5. The number of hydrogen-bond donors (Lipinski definition) is 0. The molecule has 7 nitrogen and oxygen atoms in total. The van der Waals surface area contributed by atoms with Crippen molar-refractivity contribution in [2.45, 2.75) is 51.4 Å². The summed E-state index contributed by atoms with van der Waals surface area (Å²) in [6.07, 6.45) is -2.81. The second kappa shape index (κ2) is 6.50. The minimum atomic E-state index is -4.35. The first-order chi connectivity index (χ1) is 11.3. The molecule has 1 atom stereocenters. The number of alkyl halides is 3. The molecule has 10 heteroatoms. The molecule has 0 N–H and O–H groups in total. The first-order valence-electron chi connectivity index (χ1n) is 7.81. The quantitative estimate of drug-likeness (QED) is 0.848. The van der Waals surface area contributed by atoms with Gasteiger partial charge < -0.3 is 8.98 Å². The van der Waals surface area contributed by atoms with Crippen LogP contribution in [0.3, 0.4) is 0 Å². The Morgan fingerprint density at radius 2 is 1.96 bits per heavy atom. The minimum Gasteiger partial charge on any atom is -0.423 e. The smallest absolute Gasteiger partial charge is 0.397 e. The Balaban J connectivity index is 1.76. The molecule has 1 saturated heterocycles. The molecule has 0 saturated carbocycles. The van der Waals surface area contributed by atoms with E-state index in [1.165, 1.54) is 0 Å². The molecule has 0 aromatic carbocycles. The summed E-state index contributed by atoms with van der Waals surface area (Å²) in [5.41, 5.74) is 0. The summed E-state index contributed by atoms with van der Waals surface area (Å²) >= 11 is 0. The molecule has 0 radical (unpaired) electrons. The number of nitrogens with zero attached hydrogens (tertiary/aromatic N) is 6. The highest BCUT2D eigenvalue weighted by Crippen LogP contribution is 2.32. The Bertz CT molecular complexity index is 695. The van der Waals surface area contributed by atoms with Crippen LogP contribution in [0.25, 0.3) is 0 Å². The van der Waals surface area contributed by atoms with Gasteiger partial charge >= 0.3 is 6.18 Å². The fourth-order valence-corrected chi connectivity index (χ4v) is 2.87. The van der Waals surface area contributed by atoms with Gasteiger partial charge in [-0.25, -0.2) is 0 Å². The predicted molar refractivity (Wildman–Crippen MR) is 76.8 cm³/mol. The molecule has 1 unspecified atom stereocenters. The molecule has 24 heavy (non-hydrogen) atoms. The Morgan fingerprint density at radius 3 is 2.62 bits per heavy atom. The Morgan fingerprint density at radius 1 is 1.17 bits per heavy atom. The van der Waals surface area contributed by atoms with Crippen LogP contribution in [0.2, 0.25) is 0 Å². The topological polar surface area (TPSA) is 72.9 Å². The Labute approximate surface area is 136 Å². The van der Waals surface area contributed by atoms with Crippen molar-refractivity contribution in [2.24, 2.45) is 7.05 Å². The molecule has 2 aromatic heterocycles. The third kappa shape index (κ3) is 3.74. The highest BCUT2D eigenvalue weighted by atomic mass is 19.4. The maximum absolute atomic E-state index is 12.4. The van der Waals surface area contributed by atoms with Gasteiger partial charge in [0, 0.05) is 7.05 Å². The van der Waals surface area contributed by atoms with Gasteiger partial charge in [-0.15, -0.1) is 20.4 Å². The standard InChI is InChI=1S/C14H19F3N6O/c1-9-18-19-11(22(9)2)8-23-6-4-3-5-10(23)13-21-20-12(24-13)7-14(15,16)17/h10H,3-8H2,1-2H3. The highest BCUT2D eigenvalue weighted by Gasteiger charge is 2.33. The summed E-state index contributed by atoms with van der Waals surface area (Å²) in [7, 11) is 1.89. The van der Waals surface area contributed by atoms with Crippen LogP contribution in [0.15, 0.2) is 4.42 Å². The van der Waals surface area contributed by atoms with Crippen molar-refractivity contribution in [1.82, 2.24) is 29.9 Å². The normalized spacial score (nSPS) is 19.8. The van der Waals surface area contributed by atoms with E-state index < -0.39 is 18.5 Å². The van der Waals surface area contributed by atoms with E-state index in [1.54, 1.807) is 0 Å². The molecule has 0 aliphatic carbocycles. The van der Waals surface area contributed by atoms with Gasteiger partial charge in [0.05, 0.1) is 12.6 Å². The fraction of sp³-hybridized carbons (Fsp3) is 0.714. The van der Waals surface area contributed by atoms with Crippen LogP contribution in [0.5, 0.6) is 0 Å².